The predicted octanol–water partition coefficient (Wildman–Crippen LogP) is 2.69. The van der Waals surface area contributed by atoms with Crippen LogP contribution < -0.4 is 0 Å². The third kappa shape index (κ3) is 3.07. The summed E-state index contributed by atoms with van der Waals surface area (Å²) < 4.78 is 0. The number of aliphatic carboxylic acids is 1. The van der Waals surface area contributed by atoms with E-state index in [1.165, 1.54) is 0 Å². The van der Waals surface area contributed by atoms with Gasteiger partial charge < -0.3 is 5.11 Å². The maximum Gasteiger partial charge on any atom is 0.310 e. The Morgan fingerprint density at radius 3 is 2.31 bits per heavy atom. The molecule has 0 saturated carbocycles. The van der Waals surface area contributed by atoms with Gasteiger partial charge in [0.15, 0.2) is 0 Å². The number of halogens is 1. The highest BCUT2D eigenvalue weighted by molar-refractivity contribution is 5.85. The Hall–Kier alpha value is -1.02. The number of benzene rings is 1. The predicted molar refractivity (Wildman–Crippen MR) is 54.4 cm³/mol. The highest BCUT2D eigenvalue weighted by atomic mass is 35.5. The first-order valence-corrected chi connectivity index (χ1v) is 4.03. The molecule has 13 heavy (non-hydrogen) atoms. The van der Waals surface area contributed by atoms with Crippen molar-refractivity contribution in [2.45, 2.75) is 19.3 Å². The maximum atomic E-state index is 10.7. The quantitative estimate of drug-likeness (QED) is 0.815. The van der Waals surface area contributed by atoms with Gasteiger partial charge in [0.25, 0.3) is 0 Å². The lowest BCUT2D eigenvalue weighted by molar-refractivity contribution is -0.138. The number of rotatable bonds is 3. The fraction of sp³-hybridized carbons (Fsp3) is 0.300. The first-order valence-electron chi connectivity index (χ1n) is 4.03. The Morgan fingerprint density at radius 1 is 1.38 bits per heavy atom. The van der Waals surface area contributed by atoms with Crippen LogP contribution in [0.5, 0.6) is 0 Å². The summed E-state index contributed by atoms with van der Waals surface area (Å²) in [7, 11) is 0. The van der Waals surface area contributed by atoms with Crippen LogP contribution in [0.25, 0.3) is 0 Å². The van der Waals surface area contributed by atoms with Gasteiger partial charge in [0.05, 0.1) is 5.92 Å². The molecule has 0 aliphatic heterocycles. The lowest BCUT2D eigenvalue weighted by atomic mass is 9.97. The van der Waals surface area contributed by atoms with Gasteiger partial charge >= 0.3 is 5.97 Å². The molecule has 72 valence electrons. The highest BCUT2D eigenvalue weighted by Crippen LogP contribution is 2.18. The second-order valence-corrected chi connectivity index (χ2v) is 2.71. The van der Waals surface area contributed by atoms with Gasteiger partial charge in [-0.05, 0) is 12.0 Å². The molecule has 0 bridgehead atoms. The normalized spacial score (nSPS) is 11.5. The molecule has 0 unspecified atom stereocenters. The Bertz CT molecular complexity index is 259. The Morgan fingerprint density at radius 2 is 1.92 bits per heavy atom. The summed E-state index contributed by atoms with van der Waals surface area (Å²) in [6.07, 6.45) is 0.638. The third-order valence-electron chi connectivity index (χ3n) is 1.91. The lowest BCUT2D eigenvalue weighted by Gasteiger charge is -2.08. The van der Waals surface area contributed by atoms with Crippen molar-refractivity contribution in [3.05, 3.63) is 35.9 Å². The Labute approximate surface area is 84.0 Å². The van der Waals surface area contributed by atoms with E-state index in [1.54, 1.807) is 0 Å². The zero-order valence-electron chi connectivity index (χ0n) is 7.43. The van der Waals surface area contributed by atoms with E-state index in [0.29, 0.717) is 6.42 Å². The van der Waals surface area contributed by atoms with E-state index in [1.807, 2.05) is 37.3 Å². The van der Waals surface area contributed by atoms with E-state index >= 15 is 0 Å². The SMILES string of the molecule is CC[C@@H](C(=O)O)c1ccccc1.Cl. The van der Waals surface area contributed by atoms with E-state index in [0.717, 1.165) is 5.56 Å². The lowest BCUT2D eigenvalue weighted by Crippen LogP contribution is -2.09. The van der Waals surface area contributed by atoms with Crippen molar-refractivity contribution in [3.63, 3.8) is 0 Å². The van der Waals surface area contributed by atoms with Gasteiger partial charge in [-0.3, -0.25) is 4.79 Å². The monoisotopic (exact) mass is 200 g/mol. The first kappa shape index (κ1) is 12.0. The number of carboxylic acid groups (broad SMARTS) is 1. The molecule has 2 nitrogen and oxygen atoms in total. The van der Waals surface area contributed by atoms with Crippen LogP contribution in [0.1, 0.15) is 24.8 Å². The average Bonchev–Trinajstić information content (AvgIpc) is 2.07. The zero-order chi connectivity index (χ0) is 8.97. The van der Waals surface area contributed by atoms with Gasteiger partial charge in [0, 0.05) is 0 Å². The number of carboxylic acids is 1. The summed E-state index contributed by atoms with van der Waals surface area (Å²) in [6, 6.07) is 9.31. The van der Waals surface area contributed by atoms with Crippen molar-refractivity contribution < 1.29 is 9.90 Å². The van der Waals surface area contributed by atoms with Crippen molar-refractivity contribution in [1.82, 2.24) is 0 Å². The largest absolute Gasteiger partial charge is 0.481 e. The fourth-order valence-corrected chi connectivity index (χ4v) is 1.24. The number of hydrogen-bond donors (Lipinski definition) is 1. The van der Waals surface area contributed by atoms with Gasteiger partial charge in [-0.15, -0.1) is 12.4 Å². The summed E-state index contributed by atoms with van der Waals surface area (Å²) in [6.45, 7) is 1.88. The van der Waals surface area contributed by atoms with Crippen LogP contribution in [0, 0.1) is 0 Å². The molecule has 0 fully saturated rings. The fourth-order valence-electron chi connectivity index (χ4n) is 1.24. The molecule has 1 N–H and O–H groups in total. The van der Waals surface area contributed by atoms with Gasteiger partial charge in [0.2, 0.25) is 0 Å². The summed E-state index contributed by atoms with van der Waals surface area (Å²) in [5, 5.41) is 8.83. The molecular formula is C10H13ClO2. The molecule has 0 aliphatic rings. The third-order valence-corrected chi connectivity index (χ3v) is 1.91. The molecule has 0 spiro atoms. The minimum absolute atomic E-state index is 0. The van der Waals surface area contributed by atoms with Crippen molar-refractivity contribution in [3.8, 4) is 0 Å². The smallest absolute Gasteiger partial charge is 0.310 e. The van der Waals surface area contributed by atoms with Crippen molar-refractivity contribution in [2.75, 3.05) is 0 Å². The minimum Gasteiger partial charge on any atom is -0.481 e. The topological polar surface area (TPSA) is 37.3 Å². The molecule has 0 radical (unpaired) electrons. The van der Waals surface area contributed by atoms with E-state index < -0.39 is 5.97 Å². The zero-order valence-corrected chi connectivity index (χ0v) is 8.25. The molecule has 3 heteroatoms. The van der Waals surface area contributed by atoms with E-state index in [9.17, 15) is 4.79 Å². The van der Waals surface area contributed by atoms with E-state index in [4.69, 9.17) is 5.11 Å². The van der Waals surface area contributed by atoms with Crippen molar-refractivity contribution in [2.24, 2.45) is 0 Å². The molecular weight excluding hydrogens is 188 g/mol. The minimum atomic E-state index is -0.747. The van der Waals surface area contributed by atoms with Gasteiger partial charge in [0.1, 0.15) is 0 Å². The van der Waals surface area contributed by atoms with E-state index in [2.05, 4.69) is 0 Å². The number of carbonyl (C=O) groups is 1. The molecule has 1 aromatic rings. The first-order chi connectivity index (χ1) is 5.75. The summed E-state index contributed by atoms with van der Waals surface area (Å²) in [5.41, 5.74) is 0.882. The van der Waals surface area contributed by atoms with Crippen molar-refractivity contribution in [1.29, 1.82) is 0 Å². The molecule has 1 rings (SSSR count). The molecule has 0 saturated heterocycles. The second kappa shape index (κ2) is 5.60. The van der Waals surface area contributed by atoms with Crippen LogP contribution in [0.3, 0.4) is 0 Å². The van der Waals surface area contributed by atoms with Crippen LogP contribution in [-0.4, -0.2) is 11.1 Å². The molecule has 0 heterocycles. The summed E-state index contributed by atoms with van der Waals surface area (Å²) in [4.78, 5) is 10.7. The maximum absolute atomic E-state index is 10.7. The van der Waals surface area contributed by atoms with Crippen LogP contribution in [0.4, 0.5) is 0 Å². The number of hydrogen-bond acceptors (Lipinski definition) is 1. The molecule has 1 atom stereocenters. The van der Waals surface area contributed by atoms with Crippen LogP contribution >= 0.6 is 12.4 Å². The van der Waals surface area contributed by atoms with Gasteiger partial charge in [-0.25, -0.2) is 0 Å². The molecule has 0 amide bonds. The Kier molecular flexibility index (Phi) is 5.16. The Balaban J connectivity index is 0.00000144. The van der Waals surface area contributed by atoms with Gasteiger partial charge in [-0.1, -0.05) is 37.3 Å². The molecule has 1 aromatic carbocycles. The highest BCUT2D eigenvalue weighted by Gasteiger charge is 2.16. The summed E-state index contributed by atoms with van der Waals surface area (Å²) in [5.74, 6) is -1.10. The standard InChI is InChI=1S/C10H12O2.ClH/c1-2-9(10(11)12)8-6-4-3-5-7-8;/h3-7,9H,2H2,1H3,(H,11,12);1H/t9-;/m1./s1. The average molecular weight is 201 g/mol. The van der Waals surface area contributed by atoms with Gasteiger partial charge in [-0.2, -0.15) is 0 Å². The van der Waals surface area contributed by atoms with Crippen molar-refractivity contribution >= 4 is 18.4 Å². The van der Waals surface area contributed by atoms with Crippen LogP contribution in [-0.2, 0) is 4.79 Å². The van der Waals surface area contributed by atoms with Crippen LogP contribution in [0.15, 0.2) is 30.3 Å². The van der Waals surface area contributed by atoms with Crippen LogP contribution in [0.2, 0.25) is 0 Å². The van der Waals surface area contributed by atoms with E-state index in [-0.39, 0.29) is 18.3 Å². The second-order valence-electron chi connectivity index (χ2n) is 2.71. The molecule has 0 aromatic heterocycles. The molecule has 0 aliphatic carbocycles. The summed E-state index contributed by atoms with van der Waals surface area (Å²) >= 11 is 0.